The number of nitrogens with one attached hydrogen (secondary N) is 1. The second-order valence-corrected chi connectivity index (χ2v) is 7.23. The van der Waals surface area contributed by atoms with Crippen molar-refractivity contribution in [2.75, 3.05) is 6.54 Å². The summed E-state index contributed by atoms with van der Waals surface area (Å²) in [7, 11) is -3.90. The Labute approximate surface area is 132 Å². The molecule has 0 aliphatic carbocycles. The van der Waals surface area contributed by atoms with Gasteiger partial charge in [0.15, 0.2) is 0 Å². The van der Waals surface area contributed by atoms with E-state index in [-0.39, 0.29) is 17.0 Å². The molecule has 3 N–H and O–H groups in total. The lowest BCUT2D eigenvalue weighted by molar-refractivity contribution is 0.0696. The summed E-state index contributed by atoms with van der Waals surface area (Å²) in [4.78, 5) is 10.9. The molecule has 1 rings (SSSR count). The van der Waals surface area contributed by atoms with Crippen LogP contribution in [0.4, 0.5) is 0 Å². The van der Waals surface area contributed by atoms with E-state index in [0.717, 1.165) is 12.5 Å². The molecule has 0 radical (unpaired) electrons. The van der Waals surface area contributed by atoms with Gasteiger partial charge in [-0.2, -0.15) is 0 Å². The molecule has 118 valence electrons. The quantitative estimate of drug-likeness (QED) is 0.670. The summed E-state index contributed by atoms with van der Waals surface area (Å²) in [5, 5.41) is 18.6. The van der Waals surface area contributed by atoms with E-state index in [2.05, 4.69) is 20.7 Å². The van der Waals surface area contributed by atoms with Crippen LogP contribution in [0.15, 0.2) is 21.5 Å². The molecule has 0 spiro atoms. The van der Waals surface area contributed by atoms with Gasteiger partial charge in [-0.1, -0.05) is 13.3 Å². The van der Waals surface area contributed by atoms with E-state index in [1.165, 1.54) is 6.07 Å². The number of carboxylic acids is 1. The summed E-state index contributed by atoms with van der Waals surface area (Å²) in [6.45, 7) is 3.38. The zero-order valence-corrected chi connectivity index (χ0v) is 14.2. The summed E-state index contributed by atoms with van der Waals surface area (Å²) in [6, 6.07) is 2.48. The first-order valence-electron chi connectivity index (χ1n) is 6.40. The third kappa shape index (κ3) is 4.77. The predicted molar refractivity (Wildman–Crippen MR) is 81.9 cm³/mol. The number of hydrogen-bond donors (Lipinski definition) is 3. The number of aromatic carboxylic acids is 1. The Morgan fingerprint density at radius 1 is 1.43 bits per heavy atom. The van der Waals surface area contributed by atoms with Crippen molar-refractivity contribution < 1.29 is 23.4 Å². The average Bonchev–Trinajstić information content (AvgIpc) is 2.39. The van der Waals surface area contributed by atoms with Gasteiger partial charge >= 0.3 is 5.97 Å². The number of hydrogen-bond acceptors (Lipinski definition) is 4. The van der Waals surface area contributed by atoms with Crippen molar-refractivity contribution in [2.45, 2.75) is 37.7 Å². The Balaban J connectivity index is 3.10. The van der Waals surface area contributed by atoms with Crippen LogP contribution in [0.1, 0.15) is 35.7 Å². The highest BCUT2D eigenvalue weighted by Gasteiger charge is 2.22. The molecular formula is C13H18BrNO5S. The van der Waals surface area contributed by atoms with Gasteiger partial charge in [-0.3, -0.25) is 0 Å². The average molecular weight is 380 g/mol. The third-order valence-corrected chi connectivity index (χ3v) is 5.65. The molecule has 0 aliphatic heterocycles. The minimum Gasteiger partial charge on any atom is -0.478 e. The molecule has 0 saturated carbocycles. The van der Waals surface area contributed by atoms with Gasteiger partial charge in [0.1, 0.15) is 0 Å². The Morgan fingerprint density at radius 2 is 2.05 bits per heavy atom. The van der Waals surface area contributed by atoms with Gasteiger partial charge < -0.3 is 10.2 Å². The molecule has 8 heteroatoms. The molecule has 6 nitrogen and oxygen atoms in total. The first kappa shape index (κ1) is 18.1. The van der Waals surface area contributed by atoms with Gasteiger partial charge in [0.2, 0.25) is 10.0 Å². The van der Waals surface area contributed by atoms with E-state index >= 15 is 0 Å². The van der Waals surface area contributed by atoms with Crippen LogP contribution in [0.5, 0.6) is 0 Å². The fourth-order valence-electron chi connectivity index (χ4n) is 1.78. The van der Waals surface area contributed by atoms with Crippen LogP contribution in [-0.2, 0) is 10.0 Å². The molecule has 0 fully saturated rings. The van der Waals surface area contributed by atoms with E-state index < -0.39 is 22.1 Å². The molecular weight excluding hydrogens is 362 g/mol. The van der Waals surface area contributed by atoms with E-state index in [9.17, 15) is 18.3 Å². The van der Waals surface area contributed by atoms with Crippen molar-refractivity contribution in [3.63, 3.8) is 0 Å². The maximum atomic E-state index is 12.2. The molecule has 1 atom stereocenters. The predicted octanol–water partition coefficient (Wildman–Crippen LogP) is 1.90. The van der Waals surface area contributed by atoms with Crippen LogP contribution in [0.2, 0.25) is 0 Å². The highest BCUT2D eigenvalue weighted by Crippen LogP contribution is 2.27. The van der Waals surface area contributed by atoms with E-state index in [1.54, 1.807) is 6.92 Å². The van der Waals surface area contributed by atoms with Crippen LogP contribution in [0.3, 0.4) is 0 Å². The molecule has 0 heterocycles. The molecule has 0 aromatic heterocycles. The van der Waals surface area contributed by atoms with E-state index in [1.807, 2.05) is 6.92 Å². The zero-order valence-electron chi connectivity index (χ0n) is 11.8. The molecule has 0 bridgehead atoms. The van der Waals surface area contributed by atoms with E-state index in [0.29, 0.717) is 16.5 Å². The Hall–Kier alpha value is -0.960. The first-order valence-corrected chi connectivity index (χ1v) is 8.67. The minimum absolute atomic E-state index is 0.106. The lowest BCUT2D eigenvalue weighted by Gasteiger charge is -2.14. The molecule has 1 unspecified atom stereocenters. The fraction of sp³-hybridized carbons (Fsp3) is 0.462. The Kier molecular flexibility index (Phi) is 6.33. The van der Waals surface area contributed by atoms with Crippen molar-refractivity contribution in [3.8, 4) is 0 Å². The van der Waals surface area contributed by atoms with Crippen molar-refractivity contribution in [3.05, 3.63) is 27.7 Å². The summed E-state index contributed by atoms with van der Waals surface area (Å²) < 4.78 is 27.1. The van der Waals surface area contributed by atoms with Gasteiger partial charge in [-0.25, -0.2) is 17.9 Å². The molecule has 0 amide bonds. The normalized spacial score (nSPS) is 13.1. The summed E-state index contributed by atoms with van der Waals surface area (Å²) >= 11 is 3.16. The van der Waals surface area contributed by atoms with Crippen LogP contribution < -0.4 is 4.72 Å². The Bertz CT molecular complexity index is 630. The number of carbonyl (C=O) groups is 1. The number of sulfonamides is 1. The van der Waals surface area contributed by atoms with Crippen LogP contribution in [0, 0.1) is 6.92 Å². The monoisotopic (exact) mass is 379 g/mol. The topological polar surface area (TPSA) is 104 Å². The van der Waals surface area contributed by atoms with Gasteiger partial charge in [0, 0.05) is 11.0 Å². The number of rotatable bonds is 7. The SMILES string of the molecule is CCCC(O)CNS(=O)(=O)c1cc(C(=O)O)cc(C)c1Br. The zero-order chi connectivity index (χ0) is 16.2. The van der Waals surface area contributed by atoms with Gasteiger partial charge in [0.25, 0.3) is 0 Å². The fourth-order valence-corrected chi connectivity index (χ4v) is 3.89. The second kappa shape index (κ2) is 7.35. The van der Waals surface area contributed by atoms with Gasteiger partial charge in [0.05, 0.1) is 16.6 Å². The smallest absolute Gasteiger partial charge is 0.335 e. The van der Waals surface area contributed by atoms with Crippen molar-refractivity contribution in [1.29, 1.82) is 0 Å². The number of aliphatic hydroxyl groups is 1. The lowest BCUT2D eigenvalue weighted by Crippen LogP contribution is -2.32. The van der Waals surface area contributed by atoms with Crippen LogP contribution in [-0.4, -0.2) is 37.2 Å². The summed E-state index contributed by atoms with van der Waals surface area (Å²) in [5.41, 5.74) is 0.398. The number of halogens is 1. The first-order chi connectivity index (χ1) is 9.69. The molecule has 0 saturated heterocycles. The van der Waals surface area contributed by atoms with Crippen LogP contribution in [0.25, 0.3) is 0 Å². The van der Waals surface area contributed by atoms with Crippen LogP contribution >= 0.6 is 15.9 Å². The van der Waals surface area contributed by atoms with Crippen molar-refractivity contribution in [2.24, 2.45) is 0 Å². The summed E-state index contributed by atoms with van der Waals surface area (Å²) in [6.07, 6.45) is 0.449. The number of aryl methyl sites for hydroxylation is 1. The standard InChI is InChI=1S/C13H18BrNO5S/c1-3-4-10(16)7-15-21(19,20)11-6-9(13(17)18)5-8(2)12(11)14/h5-6,10,15-16H,3-4,7H2,1-2H3,(H,17,18). The maximum absolute atomic E-state index is 12.2. The summed E-state index contributed by atoms with van der Waals surface area (Å²) in [5.74, 6) is -1.20. The maximum Gasteiger partial charge on any atom is 0.335 e. The number of carboxylic acid groups (broad SMARTS) is 1. The lowest BCUT2D eigenvalue weighted by atomic mass is 10.1. The number of aliphatic hydroxyl groups excluding tert-OH is 1. The third-order valence-electron chi connectivity index (χ3n) is 2.89. The van der Waals surface area contributed by atoms with Gasteiger partial charge in [-0.15, -0.1) is 0 Å². The molecule has 21 heavy (non-hydrogen) atoms. The highest BCUT2D eigenvalue weighted by molar-refractivity contribution is 9.10. The second-order valence-electron chi connectivity index (χ2n) is 4.70. The van der Waals surface area contributed by atoms with Crippen molar-refractivity contribution in [1.82, 2.24) is 4.72 Å². The Morgan fingerprint density at radius 3 is 2.57 bits per heavy atom. The molecule has 0 aliphatic rings. The highest BCUT2D eigenvalue weighted by atomic mass is 79.9. The van der Waals surface area contributed by atoms with Crippen molar-refractivity contribution >= 4 is 31.9 Å². The largest absolute Gasteiger partial charge is 0.478 e. The molecule has 1 aromatic carbocycles. The molecule has 1 aromatic rings. The van der Waals surface area contributed by atoms with Gasteiger partial charge in [-0.05, 0) is 47.0 Å². The number of benzene rings is 1. The minimum atomic E-state index is -3.90. The van der Waals surface area contributed by atoms with E-state index in [4.69, 9.17) is 5.11 Å².